The average molecular weight is 251 g/mol. The van der Waals surface area contributed by atoms with Gasteiger partial charge in [0, 0.05) is 29.7 Å². The van der Waals surface area contributed by atoms with Gasteiger partial charge in [-0.1, -0.05) is 11.6 Å². The van der Waals surface area contributed by atoms with Gasteiger partial charge in [0.1, 0.15) is 5.75 Å². The van der Waals surface area contributed by atoms with Crippen LogP contribution < -0.4 is 10.5 Å². The Bertz CT molecular complexity index is 599. The molecule has 0 bridgehead atoms. The minimum Gasteiger partial charge on any atom is -0.495 e. The van der Waals surface area contributed by atoms with E-state index in [9.17, 15) is 0 Å². The number of benzene rings is 1. The van der Waals surface area contributed by atoms with E-state index in [4.69, 9.17) is 22.1 Å². The molecule has 1 aromatic heterocycles. The van der Waals surface area contributed by atoms with Crippen LogP contribution in [0, 0.1) is 0 Å². The highest BCUT2D eigenvalue weighted by Gasteiger charge is 2.42. The number of hydrogen-bond donors (Lipinski definition) is 1. The number of fused-ring (bicyclic) bond motifs is 1. The first-order chi connectivity index (χ1) is 8.05. The summed E-state index contributed by atoms with van der Waals surface area (Å²) >= 11 is 6.14. The van der Waals surface area contributed by atoms with E-state index in [-0.39, 0.29) is 5.54 Å². The van der Waals surface area contributed by atoms with Crippen molar-refractivity contribution in [2.24, 2.45) is 12.8 Å². The Morgan fingerprint density at radius 3 is 2.71 bits per heavy atom. The van der Waals surface area contributed by atoms with Crippen LogP contribution in [0.2, 0.25) is 5.02 Å². The van der Waals surface area contributed by atoms with Crippen LogP contribution in [0.5, 0.6) is 5.75 Å². The fourth-order valence-electron chi connectivity index (χ4n) is 2.34. The highest BCUT2D eigenvalue weighted by Crippen LogP contribution is 2.47. The highest BCUT2D eigenvalue weighted by atomic mass is 35.5. The summed E-state index contributed by atoms with van der Waals surface area (Å²) in [5.41, 5.74) is 8.45. The van der Waals surface area contributed by atoms with Gasteiger partial charge >= 0.3 is 0 Å². The van der Waals surface area contributed by atoms with E-state index >= 15 is 0 Å². The molecule has 1 saturated carbocycles. The summed E-state index contributed by atoms with van der Waals surface area (Å²) < 4.78 is 7.34. The van der Waals surface area contributed by atoms with Crippen LogP contribution in [0.25, 0.3) is 10.9 Å². The normalized spacial score (nSPS) is 17.4. The van der Waals surface area contributed by atoms with Crippen molar-refractivity contribution in [1.29, 1.82) is 0 Å². The van der Waals surface area contributed by atoms with Gasteiger partial charge in [0.15, 0.2) is 0 Å². The fraction of sp³-hybridized carbons (Fsp3) is 0.385. The smallest absolute Gasteiger partial charge is 0.138 e. The summed E-state index contributed by atoms with van der Waals surface area (Å²) in [5, 5.41) is 1.78. The van der Waals surface area contributed by atoms with Gasteiger partial charge < -0.3 is 15.0 Å². The molecule has 0 aliphatic heterocycles. The van der Waals surface area contributed by atoms with E-state index in [0.717, 1.165) is 23.7 Å². The third-order valence-corrected chi connectivity index (χ3v) is 3.88. The quantitative estimate of drug-likeness (QED) is 0.890. The highest BCUT2D eigenvalue weighted by molar-refractivity contribution is 6.32. The maximum Gasteiger partial charge on any atom is 0.138 e. The lowest BCUT2D eigenvalue weighted by atomic mass is 10.0. The molecule has 4 heteroatoms. The van der Waals surface area contributed by atoms with Gasteiger partial charge in [-0.3, -0.25) is 0 Å². The second kappa shape index (κ2) is 3.40. The van der Waals surface area contributed by atoms with Crippen LogP contribution in [0.1, 0.15) is 18.4 Å². The summed E-state index contributed by atoms with van der Waals surface area (Å²) in [6.45, 7) is 0. The maximum atomic E-state index is 6.29. The molecule has 2 aromatic rings. The number of rotatable bonds is 2. The molecule has 1 aromatic carbocycles. The van der Waals surface area contributed by atoms with Gasteiger partial charge in [-0.05, 0) is 30.5 Å². The summed E-state index contributed by atoms with van der Waals surface area (Å²) in [6.07, 6.45) is 4.21. The molecule has 17 heavy (non-hydrogen) atoms. The van der Waals surface area contributed by atoms with Crippen molar-refractivity contribution in [2.75, 3.05) is 7.11 Å². The lowest BCUT2D eigenvalue weighted by molar-refractivity contribution is 0.415. The van der Waals surface area contributed by atoms with Crippen LogP contribution >= 0.6 is 11.6 Å². The molecule has 1 aliphatic carbocycles. The van der Waals surface area contributed by atoms with Gasteiger partial charge in [-0.2, -0.15) is 0 Å². The molecule has 0 saturated heterocycles. The zero-order valence-electron chi connectivity index (χ0n) is 9.96. The molecule has 0 spiro atoms. The molecule has 1 fully saturated rings. The first-order valence-corrected chi connectivity index (χ1v) is 6.05. The first-order valence-electron chi connectivity index (χ1n) is 5.67. The van der Waals surface area contributed by atoms with Gasteiger partial charge in [-0.25, -0.2) is 0 Å². The number of hydrogen-bond acceptors (Lipinski definition) is 2. The summed E-state index contributed by atoms with van der Waals surface area (Å²) in [4.78, 5) is 0. The Morgan fingerprint density at radius 1 is 1.41 bits per heavy atom. The Hall–Kier alpha value is -1.19. The predicted molar refractivity (Wildman–Crippen MR) is 69.6 cm³/mol. The molecular formula is C13H15ClN2O. The standard InChI is InChI=1S/C13H15ClN2O/c1-16-7-9(13(15)3-4-13)8-5-12(17-2)10(14)6-11(8)16/h5-7H,3-4,15H2,1-2H3. The van der Waals surface area contributed by atoms with Crippen molar-refractivity contribution < 1.29 is 4.74 Å². The second-order valence-corrected chi connectivity index (χ2v) is 5.22. The number of halogens is 1. The summed E-state index contributed by atoms with van der Waals surface area (Å²) in [7, 11) is 3.64. The van der Waals surface area contributed by atoms with Crippen molar-refractivity contribution in [1.82, 2.24) is 4.57 Å². The zero-order valence-corrected chi connectivity index (χ0v) is 10.7. The van der Waals surface area contributed by atoms with E-state index in [1.165, 1.54) is 5.56 Å². The third-order valence-electron chi connectivity index (χ3n) is 3.59. The third kappa shape index (κ3) is 1.53. The van der Waals surface area contributed by atoms with E-state index < -0.39 is 0 Å². The SMILES string of the molecule is COc1cc2c(C3(N)CC3)cn(C)c2cc1Cl. The summed E-state index contributed by atoms with van der Waals surface area (Å²) in [5.74, 6) is 0.705. The maximum absolute atomic E-state index is 6.29. The monoisotopic (exact) mass is 250 g/mol. The van der Waals surface area contributed by atoms with Gasteiger partial charge in [-0.15, -0.1) is 0 Å². The average Bonchev–Trinajstić information content (AvgIpc) is 2.96. The number of aromatic nitrogens is 1. The van der Waals surface area contributed by atoms with E-state index in [1.54, 1.807) is 7.11 Å². The molecule has 90 valence electrons. The largest absolute Gasteiger partial charge is 0.495 e. The second-order valence-electron chi connectivity index (χ2n) is 4.81. The van der Waals surface area contributed by atoms with Crippen molar-refractivity contribution in [3.8, 4) is 5.75 Å². The Labute approximate surface area is 105 Å². The van der Waals surface area contributed by atoms with Gasteiger partial charge in [0.25, 0.3) is 0 Å². The van der Waals surface area contributed by atoms with Crippen LogP contribution in [-0.2, 0) is 12.6 Å². The van der Waals surface area contributed by atoms with E-state index in [0.29, 0.717) is 10.8 Å². The Morgan fingerprint density at radius 2 is 2.12 bits per heavy atom. The lowest BCUT2D eigenvalue weighted by Gasteiger charge is -2.08. The molecule has 0 amide bonds. The Kier molecular flexibility index (Phi) is 2.19. The summed E-state index contributed by atoms with van der Waals surface area (Å²) in [6, 6.07) is 3.92. The zero-order chi connectivity index (χ0) is 12.2. The van der Waals surface area contributed by atoms with Crippen LogP contribution in [0.3, 0.4) is 0 Å². The molecule has 3 rings (SSSR count). The van der Waals surface area contributed by atoms with Crippen LogP contribution in [-0.4, -0.2) is 11.7 Å². The van der Waals surface area contributed by atoms with E-state index in [2.05, 4.69) is 10.8 Å². The molecule has 2 N–H and O–H groups in total. The van der Waals surface area contributed by atoms with Crippen molar-refractivity contribution in [2.45, 2.75) is 18.4 Å². The van der Waals surface area contributed by atoms with Gasteiger partial charge in [0.2, 0.25) is 0 Å². The molecular weight excluding hydrogens is 236 g/mol. The van der Waals surface area contributed by atoms with Crippen molar-refractivity contribution >= 4 is 22.5 Å². The number of nitrogens with two attached hydrogens (primary N) is 1. The topological polar surface area (TPSA) is 40.2 Å². The molecule has 0 radical (unpaired) electrons. The molecule has 1 heterocycles. The number of nitrogens with zero attached hydrogens (tertiary/aromatic N) is 1. The molecule has 0 atom stereocenters. The van der Waals surface area contributed by atoms with Gasteiger partial charge in [0.05, 0.1) is 12.1 Å². The fourth-order valence-corrected chi connectivity index (χ4v) is 2.58. The molecule has 3 nitrogen and oxygen atoms in total. The molecule has 1 aliphatic rings. The van der Waals surface area contributed by atoms with E-state index in [1.807, 2.05) is 19.2 Å². The lowest BCUT2D eigenvalue weighted by Crippen LogP contribution is -2.18. The Balaban J connectivity index is 2.31. The van der Waals surface area contributed by atoms with Crippen molar-refractivity contribution in [3.63, 3.8) is 0 Å². The minimum absolute atomic E-state index is 0.141. The molecule has 0 unspecified atom stereocenters. The van der Waals surface area contributed by atoms with Crippen molar-refractivity contribution in [3.05, 3.63) is 28.9 Å². The first kappa shape index (κ1) is 10.9. The predicted octanol–water partition coefficient (Wildman–Crippen LogP) is 2.79. The minimum atomic E-state index is -0.141. The van der Waals surface area contributed by atoms with Crippen LogP contribution in [0.4, 0.5) is 0 Å². The number of aryl methyl sites for hydroxylation is 1. The number of ether oxygens (including phenoxy) is 1. The van der Waals surface area contributed by atoms with Crippen LogP contribution in [0.15, 0.2) is 18.3 Å². The number of methoxy groups -OCH3 is 1.